The van der Waals surface area contributed by atoms with Crippen molar-refractivity contribution in [3.05, 3.63) is 337 Å². The van der Waals surface area contributed by atoms with Crippen LogP contribution in [0.2, 0.25) is 0 Å². The summed E-state index contributed by atoms with van der Waals surface area (Å²) in [5.74, 6) is 0. The van der Waals surface area contributed by atoms with E-state index in [1.54, 1.807) is 0 Å². The summed E-state index contributed by atoms with van der Waals surface area (Å²) in [6.07, 6.45) is 0. The molecule has 0 spiro atoms. The molecule has 2 heterocycles. The Hall–Kier alpha value is -11.7. The van der Waals surface area contributed by atoms with Gasteiger partial charge in [0.2, 0.25) is 0 Å². The fourth-order valence-electron chi connectivity index (χ4n) is 16.1. The van der Waals surface area contributed by atoms with Gasteiger partial charge in [0, 0.05) is 77.4 Å². The zero-order valence-electron chi connectivity index (χ0n) is 54.6. The summed E-state index contributed by atoms with van der Waals surface area (Å²) in [5, 5.41) is 4.49. The highest BCUT2D eigenvalue weighted by Gasteiger charge is 2.37. The van der Waals surface area contributed by atoms with E-state index in [9.17, 15) is 0 Å². The van der Waals surface area contributed by atoms with Crippen LogP contribution in [-0.4, -0.2) is 0 Å². The lowest BCUT2D eigenvalue weighted by atomic mass is 9.81. The maximum atomic E-state index is 6.58. The van der Waals surface area contributed by atoms with Gasteiger partial charge >= 0.3 is 0 Å². The molecule has 2 aliphatic carbocycles. The first-order valence-corrected chi connectivity index (χ1v) is 33.5. The summed E-state index contributed by atoms with van der Waals surface area (Å²) in [6.45, 7) is 14.0. The molecule has 0 atom stereocenters. The van der Waals surface area contributed by atoms with Gasteiger partial charge in [-0.25, -0.2) is 0 Å². The molecule has 0 N–H and O–H groups in total. The van der Waals surface area contributed by atoms with E-state index in [-0.39, 0.29) is 10.8 Å². The van der Waals surface area contributed by atoms with Gasteiger partial charge in [-0.1, -0.05) is 246 Å². The Labute approximate surface area is 560 Å². The Kier molecular flexibility index (Phi) is 13.0. The van der Waals surface area contributed by atoms with Crippen molar-refractivity contribution in [2.45, 2.75) is 52.4 Å². The van der Waals surface area contributed by atoms with Crippen LogP contribution in [0.15, 0.2) is 312 Å². The van der Waals surface area contributed by atoms with E-state index in [1.165, 1.54) is 55.6 Å². The van der Waals surface area contributed by atoms with Gasteiger partial charge in [0.25, 0.3) is 0 Å². The molecule has 14 aromatic carbocycles. The van der Waals surface area contributed by atoms with Crippen molar-refractivity contribution >= 4 is 78.0 Å². The molecule has 0 saturated heterocycles. The summed E-state index contributed by atoms with van der Waals surface area (Å²) in [6, 6.07) is 112. The molecular formula is C92H68N2O2. The summed E-state index contributed by atoms with van der Waals surface area (Å²) in [7, 11) is 0. The molecular weight excluding hydrogens is 1170 g/mol. The SMILES string of the molecule is Cc1cc(-c2ccc(N(c3ccc(-c4cccc5c4oc4ccccc45)cc3)c3ccccc3-c3ccc4c(c3)C(C)(C)c3ccccc3-4)c(C)c2)ccc1N(c1ccc(-c2cccc3c2oc2ccccc23)cc1)c1ccccc1-c1ccc2c(c1)C(C)(C)c1ccccc1-2. The van der Waals surface area contributed by atoms with Crippen LogP contribution in [0.5, 0.6) is 0 Å². The Balaban J connectivity index is 0.744. The third kappa shape index (κ3) is 8.96. The molecule has 0 bridgehead atoms. The van der Waals surface area contributed by atoms with E-state index < -0.39 is 0 Å². The van der Waals surface area contributed by atoms with Crippen LogP contribution >= 0.6 is 0 Å². The van der Waals surface area contributed by atoms with Crippen molar-refractivity contribution in [1.82, 2.24) is 0 Å². The van der Waals surface area contributed by atoms with Gasteiger partial charge in [-0.05, 0) is 188 Å². The minimum atomic E-state index is -0.145. The highest BCUT2D eigenvalue weighted by atomic mass is 16.3. The summed E-state index contributed by atoms with van der Waals surface area (Å²) < 4.78 is 13.2. The quantitative estimate of drug-likeness (QED) is 0.129. The second-order valence-electron chi connectivity index (χ2n) is 27.2. The Morgan fingerprint density at radius 1 is 0.240 bits per heavy atom. The monoisotopic (exact) mass is 1230 g/mol. The number of aryl methyl sites for hydroxylation is 2. The maximum Gasteiger partial charge on any atom is 0.143 e. The van der Waals surface area contributed by atoms with Crippen LogP contribution in [0.25, 0.3) is 122 Å². The predicted molar refractivity (Wildman–Crippen MR) is 402 cm³/mol. The number of hydrogen-bond donors (Lipinski definition) is 0. The molecule has 2 aliphatic rings. The molecule has 16 aromatic rings. The van der Waals surface area contributed by atoms with E-state index >= 15 is 0 Å². The molecule has 2 aromatic heterocycles. The van der Waals surface area contributed by atoms with Gasteiger partial charge in [0.05, 0.1) is 11.4 Å². The lowest BCUT2D eigenvalue weighted by Gasteiger charge is -2.30. The second-order valence-corrected chi connectivity index (χ2v) is 27.2. The molecule has 4 nitrogen and oxygen atoms in total. The topological polar surface area (TPSA) is 32.8 Å². The van der Waals surface area contributed by atoms with E-state index in [0.717, 1.165) is 134 Å². The average molecular weight is 1230 g/mol. The van der Waals surface area contributed by atoms with Gasteiger partial charge in [-0.2, -0.15) is 0 Å². The van der Waals surface area contributed by atoms with Gasteiger partial charge in [-0.3, -0.25) is 0 Å². The van der Waals surface area contributed by atoms with Gasteiger partial charge < -0.3 is 18.6 Å². The highest BCUT2D eigenvalue weighted by Crippen LogP contribution is 2.54. The number of benzene rings is 14. The Morgan fingerprint density at radius 3 is 1.00 bits per heavy atom. The minimum Gasteiger partial charge on any atom is -0.455 e. The standard InChI is InChI=1S/C92H68N2O2/c1-57-53-61(43-51-83(57)93(65-45-37-59(38-46-65)69-27-19-29-77-75-25-11-17-35-87(75)95-89(69)77)85-33-15-9-21-67(85)63-41-49-73-71-23-7-13-31-79(71)91(3,4)81(73)55-63)62-44-52-84(58(2)54-62)94(66-47-39-60(40-48-66)70-28-20-30-78-76-26-12-18-36-88(76)96-90(70)78)86-34-16-10-22-68(86)64-42-50-74-72-24-8-14-32-80(72)92(5,6)82(74)56-64/h7-56H,1-6H3. The highest BCUT2D eigenvalue weighted by molar-refractivity contribution is 6.11. The molecule has 0 unspecified atom stereocenters. The molecule has 18 rings (SSSR count). The molecule has 0 radical (unpaired) electrons. The lowest BCUT2D eigenvalue weighted by molar-refractivity contribution is 0.660. The van der Waals surface area contributed by atoms with Crippen molar-refractivity contribution in [3.8, 4) is 77.9 Å². The van der Waals surface area contributed by atoms with Crippen molar-refractivity contribution in [2.24, 2.45) is 0 Å². The largest absolute Gasteiger partial charge is 0.455 e. The normalized spacial score (nSPS) is 13.3. The Morgan fingerprint density at radius 2 is 0.573 bits per heavy atom. The lowest BCUT2D eigenvalue weighted by Crippen LogP contribution is -2.15. The fraction of sp³-hybridized carbons (Fsp3) is 0.0870. The molecule has 0 fully saturated rings. The summed E-state index contributed by atoms with van der Waals surface area (Å²) in [5.41, 5.74) is 34.1. The molecule has 0 amide bonds. The van der Waals surface area contributed by atoms with Gasteiger partial charge in [0.1, 0.15) is 22.3 Å². The van der Waals surface area contributed by atoms with E-state index in [2.05, 4.69) is 343 Å². The number of furan rings is 2. The number of hydrogen-bond acceptors (Lipinski definition) is 4. The zero-order chi connectivity index (χ0) is 64.6. The van der Waals surface area contributed by atoms with Crippen molar-refractivity contribution in [1.29, 1.82) is 0 Å². The molecule has 96 heavy (non-hydrogen) atoms. The summed E-state index contributed by atoms with van der Waals surface area (Å²) >= 11 is 0. The number of anilines is 6. The van der Waals surface area contributed by atoms with Crippen LogP contribution in [-0.2, 0) is 10.8 Å². The van der Waals surface area contributed by atoms with Gasteiger partial charge in [-0.15, -0.1) is 0 Å². The van der Waals surface area contributed by atoms with Crippen molar-refractivity contribution < 1.29 is 8.83 Å². The van der Waals surface area contributed by atoms with Crippen LogP contribution < -0.4 is 9.80 Å². The van der Waals surface area contributed by atoms with Crippen LogP contribution in [0.4, 0.5) is 34.1 Å². The Bertz CT molecular complexity index is 5460. The number of para-hydroxylation sites is 6. The number of rotatable bonds is 11. The second kappa shape index (κ2) is 21.9. The van der Waals surface area contributed by atoms with E-state index in [4.69, 9.17) is 8.83 Å². The third-order valence-electron chi connectivity index (χ3n) is 21.0. The predicted octanol–water partition coefficient (Wildman–Crippen LogP) is 26.0. The number of nitrogens with zero attached hydrogens (tertiary/aromatic N) is 2. The van der Waals surface area contributed by atoms with Gasteiger partial charge in [0.15, 0.2) is 0 Å². The van der Waals surface area contributed by atoms with Crippen molar-refractivity contribution in [3.63, 3.8) is 0 Å². The molecule has 0 aliphatic heterocycles. The minimum absolute atomic E-state index is 0.145. The molecule has 0 saturated carbocycles. The van der Waals surface area contributed by atoms with Crippen LogP contribution in [0.1, 0.15) is 61.1 Å². The molecule has 4 heteroatoms. The maximum absolute atomic E-state index is 6.58. The first kappa shape index (κ1) is 57.0. The first-order valence-electron chi connectivity index (χ1n) is 33.5. The summed E-state index contributed by atoms with van der Waals surface area (Å²) in [4.78, 5) is 4.92. The number of fused-ring (bicyclic) bond motifs is 12. The van der Waals surface area contributed by atoms with Crippen LogP contribution in [0, 0.1) is 13.8 Å². The van der Waals surface area contributed by atoms with E-state index in [0.29, 0.717) is 0 Å². The smallest absolute Gasteiger partial charge is 0.143 e. The fourth-order valence-corrected chi connectivity index (χ4v) is 16.1. The van der Waals surface area contributed by atoms with E-state index in [1.807, 2.05) is 12.1 Å². The average Bonchev–Trinajstić information content (AvgIpc) is 1.60. The molecule has 458 valence electrons. The van der Waals surface area contributed by atoms with Crippen molar-refractivity contribution in [2.75, 3.05) is 9.80 Å². The first-order chi connectivity index (χ1) is 46.9. The third-order valence-corrected chi connectivity index (χ3v) is 21.0. The zero-order valence-corrected chi connectivity index (χ0v) is 54.6. The van der Waals surface area contributed by atoms with Crippen LogP contribution in [0.3, 0.4) is 0 Å².